The van der Waals surface area contributed by atoms with Crippen LogP contribution < -0.4 is 10.1 Å². The Hall–Kier alpha value is -1.81. The maximum Gasteiger partial charge on any atom is 0.126 e. The number of rotatable bonds is 8. The van der Waals surface area contributed by atoms with E-state index >= 15 is 0 Å². The van der Waals surface area contributed by atoms with E-state index in [1.165, 1.54) is 16.7 Å². The van der Waals surface area contributed by atoms with Gasteiger partial charge in [0.1, 0.15) is 5.75 Å². The predicted molar refractivity (Wildman–Crippen MR) is 85.6 cm³/mol. The van der Waals surface area contributed by atoms with E-state index in [9.17, 15) is 0 Å². The molecule has 0 atom stereocenters. The molecule has 0 unspecified atom stereocenters. The summed E-state index contributed by atoms with van der Waals surface area (Å²) in [6.07, 6.45) is 5.95. The van der Waals surface area contributed by atoms with Crippen molar-refractivity contribution in [2.45, 2.75) is 33.2 Å². The molecule has 0 saturated heterocycles. The highest BCUT2D eigenvalue weighted by molar-refractivity contribution is 5.40. The maximum atomic E-state index is 6.03. The fourth-order valence-corrected chi connectivity index (χ4v) is 2.33. The lowest BCUT2D eigenvalue weighted by atomic mass is 10.1. The molecule has 1 N–H and O–H groups in total. The van der Waals surface area contributed by atoms with Crippen molar-refractivity contribution in [1.29, 1.82) is 0 Å². The van der Waals surface area contributed by atoms with Crippen molar-refractivity contribution in [3.8, 4) is 5.75 Å². The lowest BCUT2D eigenvalue weighted by Crippen LogP contribution is -2.15. The molecule has 4 heteroatoms. The highest BCUT2D eigenvalue weighted by Gasteiger charge is 2.07. The summed E-state index contributed by atoms with van der Waals surface area (Å²) >= 11 is 0. The number of hydrogen-bond donors (Lipinski definition) is 1. The van der Waals surface area contributed by atoms with Gasteiger partial charge in [-0.3, -0.25) is 4.68 Å². The molecule has 1 aromatic carbocycles. The van der Waals surface area contributed by atoms with E-state index in [4.69, 9.17) is 4.74 Å². The second kappa shape index (κ2) is 7.84. The lowest BCUT2D eigenvalue weighted by molar-refractivity contribution is 0.315. The summed E-state index contributed by atoms with van der Waals surface area (Å²) in [5.74, 6) is 1.02. The Morgan fingerprint density at radius 1 is 1.33 bits per heavy atom. The molecule has 2 rings (SSSR count). The van der Waals surface area contributed by atoms with E-state index in [0.717, 1.165) is 31.7 Å². The number of nitrogens with one attached hydrogen (secondary N) is 1. The summed E-state index contributed by atoms with van der Waals surface area (Å²) in [6, 6.07) is 6.32. The Balaban J connectivity index is 1.94. The minimum Gasteiger partial charge on any atom is -0.493 e. The third-order valence-corrected chi connectivity index (χ3v) is 3.43. The largest absolute Gasteiger partial charge is 0.493 e. The minimum absolute atomic E-state index is 0.678. The first-order chi connectivity index (χ1) is 10.2. The van der Waals surface area contributed by atoms with E-state index in [1.807, 2.05) is 24.1 Å². The molecule has 0 saturated carbocycles. The van der Waals surface area contributed by atoms with Crippen molar-refractivity contribution in [2.24, 2.45) is 7.05 Å². The molecular formula is C17H25N3O. The molecule has 114 valence electrons. The van der Waals surface area contributed by atoms with E-state index in [-0.39, 0.29) is 0 Å². The monoisotopic (exact) mass is 287 g/mol. The van der Waals surface area contributed by atoms with Crippen LogP contribution in [0.5, 0.6) is 5.75 Å². The topological polar surface area (TPSA) is 39.1 Å². The molecule has 0 radical (unpaired) electrons. The van der Waals surface area contributed by atoms with Gasteiger partial charge in [-0.25, -0.2) is 0 Å². The van der Waals surface area contributed by atoms with Crippen molar-refractivity contribution in [2.75, 3.05) is 13.2 Å². The van der Waals surface area contributed by atoms with Crippen LogP contribution in [0.1, 0.15) is 30.0 Å². The number of ether oxygens (including phenoxy) is 1. The molecule has 0 aliphatic rings. The van der Waals surface area contributed by atoms with E-state index in [2.05, 4.69) is 42.5 Å². The first kappa shape index (κ1) is 15.6. The molecule has 0 amide bonds. The summed E-state index contributed by atoms with van der Waals surface area (Å²) in [7, 11) is 1.93. The number of hydrogen-bond acceptors (Lipinski definition) is 3. The third-order valence-electron chi connectivity index (χ3n) is 3.43. The summed E-state index contributed by atoms with van der Waals surface area (Å²) in [5, 5.41) is 7.62. The number of aryl methyl sites for hydroxylation is 2. The lowest BCUT2D eigenvalue weighted by Gasteiger charge is -2.14. The van der Waals surface area contributed by atoms with Gasteiger partial charge in [0.15, 0.2) is 0 Å². The van der Waals surface area contributed by atoms with Crippen molar-refractivity contribution < 1.29 is 4.74 Å². The average molecular weight is 287 g/mol. The standard InChI is InChI=1S/C17H25N3O/c1-4-9-18-12-16-7-5-6-14(2)17(16)21-10-8-15-11-19-20(3)13-15/h5-7,11,13,18H,4,8-10,12H2,1-3H3. The van der Waals surface area contributed by atoms with Crippen LogP contribution in [-0.4, -0.2) is 22.9 Å². The molecule has 4 nitrogen and oxygen atoms in total. The van der Waals surface area contributed by atoms with Crippen LogP contribution >= 0.6 is 0 Å². The van der Waals surface area contributed by atoms with Crippen molar-refractivity contribution in [3.05, 3.63) is 47.3 Å². The van der Waals surface area contributed by atoms with E-state index in [0.29, 0.717) is 6.61 Å². The van der Waals surface area contributed by atoms with Crippen LogP contribution in [0.3, 0.4) is 0 Å². The van der Waals surface area contributed by atoms with E-state index < -0.39 is 0 Å². The van der Waals surface area contributed by atoms with Gasteiger partial charge in [-0.15, -0.1) is 0 Å². The van der Waals surface area contributed by atoms with Crippen LogP contribution in [0, 0.1) is 6.92 Å². The zero-order valence-electron chi connectivity index (χ0n) is 13.2. The second-order valence-electron chi connectivity index (χ2n) is 5.36. The zero-order valence-corrected chi connectivity index (χ0v) is 13.2. The van der Waals surface area contributed by atoms with Crippen LogP contribution in [-0.2, 0) is 20.0 Å². The number of aromatic nitrogens is 2. The summed E-state index contributed by atoms with van der Waals surface area (Å²) in [6.45, 7) is 6.84. The quantitative estimate of drug-likeness (QED) is 0.759. The summed E-state index contributed by atoms with van der Waals surface area (Å²) < 4.78 is 7.86. The summed E-state index contributed by atoms with van der Waals surface area (Å²) in [5.41, 5.74) is 3.63. The molecule has 2 aromatic rings. The predicted octanol–water partition coefficient (Wildman–Crippen LogP) is 2.85. The van der Waals surface area contributed by atoms with Gasteiger partial charge in [-0.1, -0.05) is 25.1 Å². The van der Waals surface area contributed by atoms with Gasteiger partial charge in [0.2, 0.25) is 0 Å². The Morgan fingerprint density at radius 3 is 2.90 bits per heavy atom. The van der Waals surface area contributed by atoms with Gasteiger partial charge in [0, 0.05) is 31.8 Å². The van der Waals surface area contributed by atoms with Crippen LogP contribution in [0.4, 0.5) is 0 Å². The van der Waals surface area contributed by atoms with Gasteiger partial charge in [-0.05, 0) is 31.0 Å². The highest BCUT2D eigenvalue weighted by atomic mass is 16.5. The molecule has 1 aromatic heterocycles. The molecule has 21 heavy (non-hydrogen) atoms. The Morgan fingerprint density at radius 2 is 2.19 bits per heavy atom. The average Bonchev–Trinajstić information content (AvgIpc) is 2.87. The van der Waals surface area contributed by atoms with Crippen LogP contribution in [0.25, 0.3) is 0 Å². The molecular weight excluding hydrogens is 262 g/mol. The number of para-hydroxylation sites is 1. The Kier molecular flexibility index (Phi) is 5.81. The van der Waals surface area contributed by atoms with Gasteiger partial charge < -0.3 is 10.1 Å². The second-order valence-corrected chi connectivity index (χ2v) is 5.36. The maximum absolute atomic E-state index is 6.03. The smallest absolute Gasteiger partial charge is 0.126 e. The van der Waals surface area contributed by atoms with Gasteiger partial charge in [-0.2, -0.15) is 5.10 Å². The van der Waals surface area contributed by atoms with Gasteiger partial charge in [0.05, 0.1) is 12.8 Å². The fraction of sp³-hybridized carbons (Fsp3) is 0.471. The van der Waals surface area contributed by atoms with Gasteiger partial charge >= 0.3 is 0 Å². The van der Waals surface area contributed by atoms with Crippen LogP contribution in [0.15, 0.2) is 30.6 Å². The third kappa shape index (κ3) is 4.60. The number of benzene rings is 1. The molecule has 0 fully saturated rings. The zero-order chi connectivity index (χ0) is 15.1. The molecule has 1 heterocycles. The normalized spacial score (nSPS) is 10.8. The highest BCUT2D eigenvalue weighted by Crippen LogP contribution is 2.23. The first-order valence-corrected chi connectivity index (χ1v) is 7.60. The minimum atomic E-state index is 0.678. The van der Waals surface area contributed by atoms with Gasteiger partial charge in [0.25, 0.3) is 0 Å². The number of nitrogens with zero attached hydrogens (tertiary/aromatic N) is 2. The Bertz CT molecular complexity index is 563. The van der Waals surface area contributed by atoms with Crippen molar-refractivity contribution in [3.63, 3.8) is 0 Å². The van der Waals surface area contributed by atoms with E-state index in [1.54, 1.807) is 0 Å². The molecule has 0 spiro atoms. The first-order valence-electron chi connectivity index (χ1n) is 7.60. The Labute approximate surface area is 127 Å². The van der Waals surface area contributed by atoms with Crippen LogP contribution in [0.2, 0.25) is 0 Å². The summed E-state index contributed by atoms with van der Waals surface area (Å²) in [4.78, 5) is 0. The molecule has 0 aliphatic heterocycles. The van der Waals surface area contributed by atoms with Crippen molar-refractivity contribution in [1.82, 2.24) is 15.1 Å². The molecule has 0 bridgehead atoms. The van der Waals surface area contributed by atoms with Crippen molar-refractivity contribution >= 4 is 0 Å². The fourth-order valence-electron chi connectivity index (χ4n) is 2.33. The SMILES string of the molecule is CCCNCc1cccc(C)c1OCCc1cnn(C)c1. The molecule has 0 aliphatic carbocycles.